The molecular formula is C36H45ClN4O6. The van der Waals surface area contributed by atoms with E-state index >= 15 is 0 Å². The monoisotopic (exact) mass is 664 g/mol. The van der Waals surface area contributed by atoms with Gasteiger partial charge in [-0.25, -0.2) is 4.68 Å². The average molecular weight is 665 g/mol. The van der Waals surface area contributed by atoms with Crippen LogP contribution in [-0.4, -0.2) is 66.0 Å². The zero-order chi connectivity index (χ0) is 32.8. The molecule has 1 aromatic heterocycles. The summed E-state index contributed by atoms with van der Waals surface area (Å²) < 4.78 is 8.43. The van der Waals surface area contributed by atoms with E-state index in [2.05, 4.69) is 16.4 Å². The maximum absolute atomic E-state index is 13.0. The Bertz CT molecular complexity index is 1550. The van der Waals surface area contributed by atoms with Gasteiger partial charge in [0, 0.05) is 37.0 Å². The molecule has 0 amide bonds. The number of aliphatic hydroxyl groups is 3. The molecule has 0 saturated heterocycles. The van der Waals surface area contributed by atoms with Gasteiger partial charge in [0.15, 0.2) is 0 Å². The normalized spacial score (nSPS) is 27.1. The number of phenolic OH excluding ortho intramolecular Hbond substituents is 1. The molecule has 252 valence electrons. The lowest BCUT2D eigenvalue weighted by Gasteiger charge is -2.56. The summed E-state index contributed by atoms with van der Waals surface area (Å²) in [6.07, 6.45) is 10.3. The van der Waals surface area contributed by atoms with E-state index in [9.17, 15) is 20.4 Å². The van der Waals surface area contributed by atoms with Crippen LogP contribution in [0.5, 0.6) is 11.5 Å². The summed E-state index contributed by atoms with van der Waals surface area (Å²) in [7, 11) is 0. The minimum atomic E-state index is -1.71. The molecule has 0 spiro atoms. The van der Waals surface area contributed by atoms with Crippen LogP contribution in [0.2, 0.25) is 0 Å². The molecule has 10 nitrogen and oxygen atoms in total. The summed E-state index contributed by atoms with van der Waals surface area (Å²) in [4.78, 5) is 6.01. The number of aryl methyl sites for hydroxylation is 1. The standard InChI is InChI=1S/C36H45ClN4O6/c37-16-8-12-26-22-38-40-41(26)33-21-31(39-46-23-24-9-2-1-3-10-24)29-19-25(11-4-6-17-42)28(13-5-7-18-43)34-30-20-27(44)14-15-32(30)47-36(33,45)35(29)34/h1-3,9-10,14-15,19-20,22,25,28,33-35,42-45H,4-8,11-13,16-18,21,23H2/t25-,28+,33-,34+,35+,36+/m0/s1. The lowest BCUT2D eigenvalue weighted by atomic mass is 9.55. The van der Waals surface area contributed by atoms with E-state index in [4.69, 9.17) is 26.3 Å². The van der Waals surface area contributed by atoms with Gasteiger partial charge in [-0.1, -0.05) is 59.6 Å². The van der Waals surface area contributed by atoms with Crippen molar-refractivity contribution in [2.24, 2.45) is 22.9 Å². The number of aromatic hydroxyl groups is 1. The number of ether oxygens (including phenoxy) is 1. The Hall–Kier alpha value is -3.44. The first-order chi connectivity index (χ1) is 23.0. The number of alkyl halides is 1. The summed E-state index contributed by atoms with van der Waals surface area (Å²) >= 11 is 6.07. The molecule has 4 N–H and O–H groups in total. The molecule has 0 radical (unpaired) electrons. The van der Waals surface area contributed by atoms with Crippen molar-refractivity contribution < 1.29 is 30.0 Å². The smallest absolute Gasteiger partial charge is 0.238 e. The lowest BCUT2D eigenvalue weighted by Crippen LogP contribution is -2.62. The molecule has 2 aromatic carbocycles. The summed E-state index contributed by atoms with van der Waals surface area (Å²) in [5.41, 5.74) is 4.28. The van der Waals surface area contributed by atoms with E-state index in [1.165, 1.54) is 0 Å². The van der Waals surface area contributed by atoms with Gasteiger partial charge >= 0.3 is 0 Å². The Morgan fingerprint density at radius 2 is 1.81 bits per heavy atom. The number of fused-ring (bicyclic) bond motifs is 2. The van der Waals surface area contributed by atoms with Gasteiger partial charge in [0.1, 0.15) is 24.1 Å². The number of oxime groups is 1. The summed E-state index contributed by atoms with van der Waals surface area (Å²) in [5, 5.41) is 56.5. The van der Waals surface area contributed by atoms with E-state index in [0.29, 0.717) is 43.9 Å². The second-order valence-electron chi connectivity index (χ2n) is 12.9. The van der Waals surface area contributed by atoms with Crippen LogP contribution in [0.15, 0.2) is 71.5 Å². The van der Waals surface area contributed by atoms with Crippen molar-refractivity contribution in [2.75, 3.05) is 19.1 Å². The number of halogens is 1. The molecule has 6 atom stereocenters. The third-order valence-corrected chi connectivity index (χ3v) is 10.3. The highest BCUT2D eigenvalue weighted by Crippen LogP contribution is 2.62. The van der Waals surface area contributed by atoms with E-state index in [1.807, 2.05) is 30.3 Å². The third-order valence-electron chi connectivity index (χ3n) is 10.0. The summed E-state index contributed by atoms with van der Waals surface area (Å²) in [6.45, 7) is 0.527. The number of rotatable bonds is 15. The average Bonchev–Trinajstić information content (AvgIpc) is 3.54. The first-order valence-electron chi connectivity index (χ1n) is 16.8. The van der Waals surface area contributed by atoms with Crippen molar-refractivity contribution in [3.05, 3.63) is 83.2 Å². The maximum Gasteiger partial charge on any atom is 0.238 e. The molecule has 3 aromatic rings. The number of allylic oxidation sites excluding steroid dienone is 1. The van der Waals surface area contributed by atoms with Gasteiger partial charge in [-0.3, -0.25) is 0 Å². The highest BCUT2D eigenvalue weighted by Gasteiger charge is 2.63. The molecular weight excluding hydrogens is 620 g/mol. The van der Waals surface area contributed by atoms with Crippen LogP contribution in [0.25, 0.3) is 0 Å². The topological polar surface area (TPSA) is 142 Å². The van der Waals surface area contributed by atoms with Crippen molar-refractivity contribution in [3.63, 3.8) is 0 Å². The Morgan fingerprint density at radius 1 is 1.02 bits per heavy atom. The first-order valence-corrected chi connectivity index (χ1v) is 17.4. The highest BCUT2D eigenvalue weighted by atomic mass is 35.5. The zero-order valence-corrected chi connectivity index (χ0v) is 27.4. The molecule has 1 saturated carbocycles. The van der Waals surface area contributed by atoms with Gasteiger partial charge in [0.25, 0.3) is 0 Å². The molecule has 1 fully saturated rings. The number of aliphatic hydroxyl groups excluding tert-OH is 2. The van der Waals surface area contributed by atoms with E-state index in [-0.39, 0.29) is 36.7 Å². The number of hydrogen-bond donors (Lipinski definition) is 4. The van der Waals surface area contributed by atoms with Gasteiger partial charge in [-0.2, -0.15) is 0 Å². The Morgan fingerprint density at radius 3 is 2.57 bits per heavy atom. The minimum absolute atomic E-state index is 0.0710. The van der Waals surface area contributed by atoms with Crippen molar-refractivity contribution in [1.82, 2.24) is 15.0 Å². The number of nitrogens with zero attached hydrogens (tertiary/aromatic N) is 4. The van der Waals surface area contributed by atoms with Gasteiger partial charge < -0.3 is 30.0 Å². The number of unbranched alkanes of at least 4 members (excludes halogenated alkanes) is 2. The van der Waals surface area contributed by atoms with Gasteiger partial charge in [0.05, 0.1) is 23.5 Å². The molecule has 2 heterocycles. The minimum Gasteiger partial charge on any atom is -0.508 e. The quantitative estimate of drug-likeness (QED) is 0.0928. The highest BCUT2D eigenvalue weighted by molar-refractivity contribution is 6.17. The summed E-state index contributed by atoms with van der Waals surface area (Å²) in [6, 6.07) is 14.3. The largest absolute Gasteiger partial charge is 0.508 e. The molecule has 2 aliphatic carbocycles. The predicted molar refractivity (Wildman–Crippen MR) is 178 cm³/mol. The van der Waals surface area contributed by atoms with Crippen LogP contribution in [0.4, 0.5) is 0 Å². The Balaban J connectivity index is 1.50. The first kappa shape index (κ1) is 33.5. The molecule has 0 unspecified atom stereocenters. The van der Waals surface area contributed by atoms with Crippen molar-refractivity contribution in [2.45, 2.75) is 82.1 Å². The maximum atomic E-state index is 13.0. The van der Waals surface area contributed by atoms with E-state index in [0.717, 1.165) is 60.2 Å². The molecule has 47 heavy (non-hydrogen) atoms. The van der Waals surface area contributed by atoms with Crippen LogP contribution in [-0.2, 0) is 17.9 Å². The zero-order valence-electron chi connectivity index (χ0n) is 26.6. The van der Waals surface area contributed by atoms with Crippen LogP contribution < -0.4 is 4.74 Å². The number of hydrogen-bond acceptors (Lipinski definition) is 9. The number of benzene rings is 2. The van der Waals surface area contributed by atoms with Crippen molar-refractivity contribution in [3.8, 4) is 11.5 Å². The van der Waals surface area contributed by atoms with E-state index in [1.54, 1.807) is 29.1 Å². The molecule has 3 aliphatic rings. The van der Waals surface area contributed by atoms with Gasteiger partial charge in [-0.15, -0.1) is 16.7 Å². The second-order valence-corrected chi connectivity index (χ2v) is 13.3. The fourth-order valence-electron chi connectivity index (χ4n) is 7.92. The second kappa shape index (κ2) is 15.2. The van der Waals surface area contributed by atoms with Crippen LogP contribution in [0, 0.1) is 17.8 Å². The van der Waals surface area contributed by atoms with Crippen LogP contribution >= 0.6 is 11.6 Å². The van der Waals surface area contributed by atoms with Gasteiger partial charge in [0.2, 0.25) is 5.79 Å². The van der Waals surface area contributed by atoms with Gasteiger partial charge in [-0.05, 0) is 79.7 Å². The number of aromatic nitrogens is 3. The molecule has 6 rings (SSSR count). The number of phenols is 1. The molecule has 1 aliphatic heterocycles. The van der Waals surface area contributed by atoms with E-state index < -0.39 is 17.7 Å². The van der Waals surface area contributed by atoms with Crippen molar-refractivity contribution in [1.29, 1.82) is 0 Å². The lowest BCUT2D eigenvalue weighted by molar-refractivity contribution is -0.225. The third kappa shape index (κ3) is 6.92. The summed E-state index contributed by atoms with van der Waals surface area (Å²) in [5.74, 6) is -1.17. The SMILES string of the molecule is OCCCC[C@H]1[C@@H]2c3cc(O)ccc3O[C@@]3(O)[C@@H]2C(=C[C@@H]1CCCCO)C(=NOCc1ccccc1)C[C@@H]3n1nncc1CCCCl. The Kier molecular flexibility index (Phi) is 10.8. The fourth-order valence-corrected chi connectivity index (χ4v) is 8.06. The van der Waals surface area contributed by atoms with Crippen molar-refractivity contribution >= 4 is 17.3 Å². The molecule has 0 bridgehead atoms. The van der Waals surface area contributed by atoms with Crippen LogP contribution in [0.1, 0.15) is 80.1 Å². The predicted octanol–water partition coefficient (Wildman–Crippen LogP) is 5.65. The van der Waals surface area contributed by atoms with Crippen LogP contribution in [0.3, 0.4) is 0 Å². The molecule has 11 heteroatoms. The Labute approximate surface area is 280 Å². The fraction of sp³-hybridized carbons (Fsp3) is 0.528.